The third kappa shape index (κ3) is 2.61. The van der Waals surface area contributed by atoms with Crippen LogP contribution in [-0.4, -0.2) is 33.9 Å². The molecule has 5 rings (SSSR count). The molecule has 0 spiro atoms. The van der Waals surface area contributed by atoms with Gasteiger partial charge in [0, 0.05) is 30.9 Å². The van der Waals surface area contributed by atoms with Gasteiger partial charge < -0.3 is 14.9 Å². The van der Waals surface area contributed by atoms with Crippen molar-refractivity contribution in [3.8, 4) is 0 Å². The maximum atomic E-state index is 12.7. The summed E-state index contributed by atoms with van der Waals surface area (Å²) in [6.45, 7) is 0.431. The topological polar surface area (TPSA) is 73.7 Å². The monoisotopic (exact) mass is 383 g/mol. The molecule has 0 radical (unpaired) electrons. The Morgan fingerprint density at radius 3 is 2.76 bits per heavy atom. The lowest BCUT2D eigenvalue weighted by Gasteiger charge is -2.26. The van der Waals surface area contributed by atoms with Crippen LogP contribution in [0, 0.1) is 0 Å². The molecule has 0 atom stereocenters. The van der Waals surface area contributed by atoms with Gasteiger partial charge in [0.1, 0.15) is 5.82 Å². The first-order chi connectivity index (χ1) is 14.0. The molecule has 0 aliphatic carbocycles. The Balaban J connectivity index is 1.71. The van der Waals surface area contributed by atoms with Crippen molar-refractivity contribution < 1.29 is 14.7 Å². The molecule has 2 aliphatic heterocycles. The number of carbonyl (C=O) groups excluding carboxylic acids is 1. The minimum Gasteiger partial charge on any atom is -0.478 e. The van der Waals surface area contributed by atoms with Crippen molar-refractivity contribution >= 4 is 35.2 Å². The molecule has 0 bridgehead atoms. The summed E-state index contributed by atoms with van der Waals surface area (Å²) in [4.78, 5) is 32.4. The molecule has 0 saturated carbocycles. The molecule has 29 heavy (non-hydrogen) atoms. The van der Waals surface area contributed by atoms with Crippen molar-refractivity contribution in [2.75, 3.05) is 11.9 Å². The number of aromatic carboxylic acids is 1. The third-order valence-electron chi connectivity index (χ3n) is 5.37. The van der Waals surface area contributed by atoms with Crippen LogP contribution in [0.5, 0.6) is 0 Å². The van der Waals surface area contributed by atoms with Crippen molar-refractivity contribution in [2.45, 2.75) is 6.54 Å². The van der Waals surface area contributed by atoms with Gasteiger partial charge in [0.25, 0.3) is 5.91 Å². The van der Waals surface area contributed by atoms with Crippen molar-refractivity contribution in [3.63, 3.8) is 0 Å². The smallest absolute Gasteiger partial charge is 0.335 e. The number of benzene rings is 2. The number of nitrogens with zero attached hydrogens (tertiary/aromatic N) is 3. The normalized spacial score (nSPS) is 14.2. The predicted octanol–water partition coefficient (Wildman–Crippen LogP) is 4.02. The summed E-state index contributed by atoms with van der Waals surface area (Å²) in [5.74, 6) is -0.226. The van der Waals surface area contributed by atoms with Crippen LogP contribution in [0.25, 0.3) is 11.8 Å². The number of hydrogen-bond donors (Lipinski definition) is 1. The van der Waals surface area contributed by atoms with E-state index in [4.69, 9.17) is 0 Å². The minimum atomic E-state index is -0.960. The Hall–Kier alpha value is -3.93. The third-order valence-corrected chi connectivity index (χ3v) is 5.37. The molecule has 1 N–H and O–H groups in total. The number of pyridine rings is 1. The van der Waals surface area contributed by atoms with Gasteiger partial charge in [0.2, 0.25) is 0 Å². The average Bonchev–Trinajstić information content (AvgIpc) is 2.89. The van der Waals surface area contributed by atoms with Gasteiger partial charge in [-0.05, 0) is 48.0 Å². The summed E-state index contributed by atoms with van der Waals surface area (Å²) >= 11 is 0. The van der Waals surface area contributed by atoms with Crippen LogP contribution < -0.4 is 4.90 Å². The zero-order valence-corrected chi connectivity index (χ0v) is 15.7. The van der Waals surface area contributed by atoms with Crippen LogP contribution in [0.15, 0.2) is 60.8 Å². The maximum Gasteiger partial charge on any atom is 0.335 e. The van der Waals surface area contributed by atoms with Gasteiger partial charge in [-0.1, -0.05) is 18.2 Å². The number of carbonyl (C=O) groups is 2. The molecule has 2 aromatic carbocycles. The summed E-state index contributed by atoms with van der Waals surface area (Å²) in [6.07, 6.45) is 3.73. The summed E-state index contributed by atoms with van der Waals surface area (Å²) in [6, 6.07) is 16.4. The van der Waals surface area contributed by atoms with Crippen molar-refractivity contribution in [3.05, 3.63) is 88.6 Å². The van der Waals surface area contributed by atoms with Crippen LogP contribution in [0.3, 0.4) is 0 Å². The van der Waals surface area contributed by atoms with Gasteiger partial charge in [-0.15, -0.1) is 0 Å². The fraction of sp³-hybridized carbons (Fsp3) is 0.0870. The highest BCUT2D eigenvalue weighted by molar-refractivity contribution is 6.15. The van der Waals surface area contributed by atoms with Gasteiger partial charge in [-0.3, -0.25) is 4.79 Å². The number of rotatable bonds is 3. The summed E-state index contributed by atoms with van der Waals surface area (Å²) in [5.41, 5.74) is 5.26. The van der Waals surface area contributed by atoms with Gasteiger partial charge in [0.15, 0.2) is 0 Å². The van der Waals surface area contributed by atoms with Gasteiger partial charge in [-0.25, -0.2) is 9.78 Å². The number of carboxylic acid groups (broad SMARTS) is 1. The van der Waals surface area contributed by atoms with E-state index in [0.717, 1.165) is 33.9 Å². The SMILES string of the molecule is CN1C(=O)c2cccc3c2C1=Cc1cccnc1N3Cc1cccc(C(=O)O)c1. The number of amides is 1. The summed E-state index contributed by atoms with van der Waals surface area (Å²) < 4.78 is 0. The molecule has 0 unspecified atom stereocenters. The van der Waals surface area contributed by atoms with E-state index in [2.05, 4.69) is 4.98 Å². The second-order valence-electron chi connectivity index (χ2n) is 7.10. The lowest BCUT2D eigenvalue weighted by Crippen LogP contribution is -2.19. The van der Waals surface area contributed by atoms with Crippen LogP contribution in [0.1, 0.15) is 37.4 Å². The van der Waals surface area contributed by atoms with Gasteiger partial charge in [-0.2, -0.15) is 0 Å². The standard InChI is InChI=1S/C23H17N3O3/c1-25-19-12-15-7-4-10-24-21(15)26(13-14-5-2-6-16(11-14)23(28)29)18-9-3-8-17(20(18)19)22(25)27/h2-12H,13H2,1H3,(H,28,29). The average molecular weight is 383 g/mol. The molecular weight excluding hydrogens is 366 g/mol. The van der Waals surface area contributed by atoms with E-state index in [1.807, 2.05) is 47.4 Å². The van der Waals surface area contributed by atoms with E-state index >= 15 is 0 Å². The number of fused-ring (bicyclic) bond motifs is 1. The zero-order valence-electron chi connectivity index (χ0n) is 15.7. The molecule has 1 aromatic heterocycles. The summed E-state index contributed by atoms with van der Waals surface area (Å²) in [5, 5.41) is 9.34. The first kappa shape index (κ1) is 17.2. The van der Waals surface area contributed by atoms with Crippen LogP contribution in [0.4, 0.5) is 11.5 Å². The van der Waals surface area contributed by atoms with E-state index in [1.54, 1.807) is 36.3 Å². The van der Waals surface area contributed by atoms with Crippen molar-refractivity contribution in [1.29, 1.82) is 0 Å². The first-order valence-corrected chi connectivity index (χ1v) is 9.22. The van der Waals surface area contributed by atoms with Crippen LogP contribution in [-0.2, 0) is 6.54 Å². The van der Waals surface area contributed by atoms with E-state index in [-0.39, 0.29) is 11.5 Å². The molecule has 0 fully saturated rings. The highest BCUT2D eigenvalue weighted by Crippen LogP contribution is 2.45. The quantitative estimate of drug-likeness (QED) is 0.740. The Morgan fingerprint density at radius 2 is 1.93 bits per heavy atom. The maximum absolute atomic E-state index is 12.7. The Kier molecular flexibility index (Phi) is 3.74. The van der Waals surface area contributed by atoms with E-state index in [1.165, 1.54) is 0 Å². The second-order valence-corrected chi connectivity index (χ2v) is 7.10. The Bertz CT molecular complexity index is 1220. The molecule has 3 aromatic rings. The van der Waals surface area contributed by atoms with E-state index in [0.29, 0.717) is 12.1 Å². The van der Waals surface area contributed by atoms with E-state index < -0.39 is 5.97 Å². The van der Waals surface area contributed by atoms with Crippen LogP contribution >= 0.6 is 0 Å². The van der Waals surface area contributed by atoms with Crippen molar-refractivity contribution in [1.82, 2.24) is 9.88 Å². The molecule has 0 saturated heterocycles. The first-order valence-electron chi connectivity index (χ1n) is 9.22. The lowest BCUT2D eigenvalue weighted by molar-refractivity contribution is 0.0696. The molecule has 6 nitrogen and oxygen atoms in total. The molecule has 6 heteroatoms. The summed E-state index contributed by atoms with van der Waals surface area (Å²) in [7, 11) is 1.78. The van der Waals surface area contributed by atoms with Gasteiger partial charge >= 0.3 is 5.97 Å². The Labute approximate surface area is 167 Å². The molecular formula is C23H17N3O3. The fourth-order valence-corrected chi connectivity index (χ4v) is 3.99. The largest absolute Gasteiger partial charge is 0.478 e. The minimum absolute atomic E-state index is 0.0340. The lowest BCUT2D eigenvalue weighted by atomic mass is 10.0. The Morgan fingerprint density at radius 1 is 1.10 bits per heavy atom. The number of carboxylic acids is 1. The number of anilines is 2. The van der Waals surface area contributed by atoms with Gasteiger partial charge in [0.05, 0.1) is 22.5 Å². The molecule has 2 aliphatic rings. The second kappa shape index (κ2) is 6.31. The van der Waals surface area contributed by atoms with Crippen LogP contribution in [0.2, 0.25) is 0 Å². The van der Waals surface area contributed by atoms with Crippen molar-refractivity contribution in [2.24, 2.45) is 0 Å². The molecule has 3 heterocycles. The number of aromatic nitrogens is 1. The van der Waals surface area contributed by atoms with E-state index in [9.17, 15) is 14.7 Å². The fourth-order valence-electron chi connectivity index (χ4n) is 3.99. The zero-order chi connectivity index (χ0) is 20.1. The molecule has 142 valence electrons. The molecule has 1 amide bonds. The highest BCUT2D eigenvalue weighted by Gasteiger charge is 2.35. The predicted molar refractivity (Wildman–Crippen MR) is 110 cm³/mol. The highest BCUT2D eigenvalue weighted by atomic mass is 16.4. The number of hydrogen-bond acceptors (Lipinski definition) is 4.